The number of nitrogens with zero attached hydrogens (tertiary/aromatic N) is 2. The third-order valence-electron chi connectivity index (χ3n) is 6.83. The minimum atomic E-state index is 0.170. The number of hydrogen-bond acceptors (Lipinski definition) is 4. The molecule has 2 aliphatic carbocycles. The number of hydrogen-bond donors (Lipinski definition) is 1. The van der Waals surface area contributed by atoms with Gasteiger partial charge in [0.25, 0.3) is 0 Å². The van der Waals surface area contributed by atoms with Gasteiger partial charge in [-0.2, -0.15) is 0 Å². The summed E-state index contributed by atoms with van der Waals surface area (Å²) in [5.74, 6) is 0.553. The largest absolute Gasteiger partial charge is 0.323 e. The standard InChI is InChI=1S/C24H23Cl2N3S/c25-21-19(9-12-28-23(21)26)30-20-6-5-17(14-29-20)15-7-10-24(11-8-15)13-16-3-1-2-4-18(16)22(24)27/h1-6,9,12,14-15,22H,7-8,10-11,13,27H2/t15-,22-,24-/m0/s1. The van der Waals surface area contributed by atoms with Crippen LogP contribution in [0.2, 0.25) is 10.2 Å². The summed E-state index contributed by atoms with van der Waals surface area (Å²) in [4.78, 5) is 9.54. The first-order valence-corrected chi connectivity index (χ1v) is 11.9. The second kappa shape index (κ2) is 8.16. The average molecular weight is 456 g/mol. The molecule has 2 N–H and O–H groups in total. The highest BCUT2D eigenvalue weighted by Gasteiger charge is 2.46. The van der Waals surface area contributed by atoms with Crippen LogP contribution in [0.3, 0.4) is 0 Å². The van der Waals surface area contributed by atoms with Crippen LogP contribution in [0, 0.1) is 5.41 Å². The highest BCUT2D eigenvalue weighted by atomic mass is 35.5. The summed E-state index contributed by atoms with van der Waals surface area (Å²) >= 11 is 13.8. The Bertz CT molecular complexity index is 1060. The highest BCUT2D eigenvalue weighted by Crippen LogP contribution is 2.55. The van der Waals surface area contributed by atoms with Gasteiger partial charge in [0.2, 0.25) is 0 Å². The summed E-state index contributed by atoms with van der Waals surface area (Å²) in [6.45, 7) is 0. The molecule has 0 aliphatic heterocycles. The normalized spacial score (nSPS) is 25.4. The van der Waals surface area contributed by atoms with E-state index in [2.05, 4.69) is 46.4 Å². The molecule has 2 aliphatic rings. The van der Waals surface area contributed by atoms with Crippen molar-refractivity contribution in [2.75, 3.05) is 0 Å². The van der Waals surface area contributed by atoms with Gasteiger partial charge < -0.3 is 5.73 Å². The van der Waals surface area contributed by atoms with Gasteiger partial charge in [0.05, 0.1) is 5.02 Å². The first kappa shape index (κ1) is 20.3. The smallest absolute Gasteiger partial charge is 0.148 e. The lowest BCUT2D eigenvalue weighted by Gasteiger charge is -2.40. The number of aromatic nitrogens is 2. The van der Waals surface area contributed by atoms with Crippen LogP contribution < -0.4 is 5.73 Å². The molecule has 0 saturated heterocycles. The molecule has 0 bridgehead atoms. The second-order valence-electron chi connectivity index (χ2n) is 8.44. The Morgan fingerprint density at radius 2 is 1.80 bits per heavy atom. The van der Waals surface area contributed by atoms with Crippen molar-refractivity contribution in [3.05, 3.63) is 81.7 Å². The van der Waals surface area contributed by atoms with E-state index < -0.39 is 0 Å². The number of halogens is 2. The van der Waals surface area contributed by atoms with Crippen LogP contribution in [0.25, 0.3) is 0 Å². The van der Waals surface area contributed by atoms with Crippen LogP contribution in [0.4, 0.5) is 0 Å². The fourth-order valence-corrected chi connectivity index (χ4v) is 6.34. The minimum Gasteiger partial charge on any atom is -0.323 e. The molecular weight excluding hydrogens is 433 g/mol. The lowest BCUT2D eigenvalue weighted by Crippen LogP contribution is -2.35. The molecular formula is C24H23Cl2N3S. The third-order valence-corrected chi connectivity index (χ3v) is 8.72. The molecule has 0 unspecified atom stereocenters. The van der Waals surface area contributed by atoms with E-state index in [1.807, 2.05) is 12.3 Å². The van der Waals surface area contributed by atoms with Crippen molar-refractivity contribution in [2.24, 2.45) is 11.1 Å². The molecule has 154 valence electrons. The molecule has 3 nitrogen and oxygen atoms in total. The fraction of sp³-hybridized carbons (Fsp3) is 0.333. The number of nitrogens with two attached hydrogens (primary N) is 1. The van der Waals surface area contributed by atoms with Gasteiger partial charge in [-0.25, -0.2) is 9.97 Å². The zero-order valence-electron chi connectivity index (χ0n) is 16.5. The van der Waals surface area contributed by atoms with E-state index in [9.17, 15) is 0 Å². The van der Waals surface area contributed by atoms with Crippen LogP contribution in [-0.4, -0.2) is 9.97 Å². The highest BCUT2D eigenvalue weighted by molar-refractivity contribution is 7.99. The number of pyridine rings is 2. The Morgan fingerprint density at radius 3 is 2.53 bits per heavy atom. The topological polar surface area (TPSA) is 51.8 Å². The molecule has 5 rings (SSSR count). The Labute approximate surface area is 191 Å². The maximum atomic E-state index is 6.72. The van der Waals surface area contributed by atoms with Crippen molar-refractivity contribution in [1.82, 2.24) is 9.97 Å². The van der Waals surface area contributed by atoms with Crippen LogP contribution >= 0.6 is 35.0 Å². The molecule has 1 saturated carbocycles. The summed E-state index contributed by atoms with van der Waals surface area (Å²) in [6, 6.07) is 15.0. The van der Waals surface area contributed by atoms with E-state index in [0.717, 1.165) is 16.3 Å². The van der Waals surface area contributed by atoms with Gasteiger partial charge in [-0.3, -0.25) is 0 Å². The molecule has 2 heterocycles. The summed E-state index contributed by atoms with van der Waals surface area (Å²) < 4.78 is 0. The van der Waals surface area contributed by atoms with Gasteiger partial charge in [0.1, 0.15) is 10.2 Å². The Morgan fingerprint density at radius 1 is 1.00 bits per heavy atom. The van der Waals surface area contributed by atoms with E-state index in [4.69, 9.17) is 28.9 Å². The fourth-order valence-electron chi connectivity index (χ4n) is 5.12. The molecule has 6 heteroatoms. The number of fused-ring (bicyclic) bond motifs is 1. The molecule has 1 fully saturated rings. The van der Waals surface area contributed by atoms with Crippen molar-refractivity contribution < 1.29 is 0 Å². The zero-order valence-corrected chi connectivity index (χ0v) is 18.9. The molecule has 0 amide bonds. The van der Waals surface area contributed by atoms with Gasteiger partial charge >= 0.3 is 0 Å². The van der Waals surface area contributed by atoms with Crippen molar-refractivity contribution in [3.63, 3.8) is 0 Å². The maximum Gasteiger partial charge on any atom is 0.148 e. The van der Waals surface area contributed by atoms with Gasteiger partial charge in [-0.15, -0.1) is 0 Å². The molecule has 1 aromatic carbocycles. The lowest BCUT2D eigenvalue weighted by molar-refractivity contribution is 0.149. The quantitative estimate of drug-likeness (QED) is 0.439. The third kappa shape index (κ3) is 3.64. The molecule has 0 radical (unpaired) electrons. The van der Waals surface area contributed by atoms with Crippen molar-refractivity contribution >= 4 is 35.0 Å². The van der Waals surface area contributed by atoms with Gasteiger partial charge in [-0.05, 0) is 72.3 Å². The van der Waals surface area contributed by atoms with Crippen LogP contribution in [-0.2, 0) is 6.42 Å². The maximum absolute atomic E-state index is 6.72. The molecule has 30 heavy (non-hydrogen) atoms. The van der Waals surface area contributed by atoms with E-state index >= 15 is 0 Å². The average Bonchev–Trinajstić information content (AvgIpc) is 3.04. The molecule has 1 atom stereocenters. The van der Waals surface area contributed by atoms with E-state index in [1.54, 1.807) is 6.20 Å². The predicted octanol–water partition coefficient (Wildman–Crippen LogP) is 6.83. The lowest BCUT2D eigenvalue weighted by atomic mass is 9.66. The van der Waals surface area contributed by atoms with E-state index in [0.29, 0.717) is 16.1 Å². The summed E-state index contributed by atoms with van der Waals surface area (Å²) in [5, 5.41) is 1.70. The second-order valence-corrected chi connectivity index (χ2v) is 10.2. The molecule has 2 aromatic heterocycles. The Kier molecular flexibility index (Phi) is 5.53. The Balaban J connectivity index is 1.26. The zero-order chi connectivity index (χ0) is 20.7. The first-order valence-electron chi connectivity index (χ1n) is 10.3. The van der Waals surface area contributed by atoms with Gasteiger partial charge in [0, 0.05) is 23.3 Å². The van der Waals surface area contributed by atoms with Crippen LogP contribution in [0.1, 0.15) is 54.3 Å². The van der Waals surface area contributed by atoms with Crippen molar-refractivity contribution in [1.29, 1.82) is 0 Å². The summed E-state index contributed by atoms with van der Waals surface area (Å²) in [5.41, 5.74) is 11.1. The monoisotopic (exact) mass is 455 g/mol. The predicted molar refractivity (Wildman–Crippen MR) is 123 cm³/mol. The Hall–Kier alpha value is -1.59. The SMILES string of the molecule is N[C@H]1c2ccccc2C[C@]12CC[C@@H](c1ccc(Sc3ccnc(Cl)c3Cl)nc1)CC2. The van der Waals surface area contributed by atoms with Crippen molar-refractivity contribution in [3.8, 4) is 0 Å². The number of rotatable bonds is 3. The van der Waals surface area contributed by atoms with Gasteiger partial charge in [0.15, 0.2) is 0 Å². The minimum absolute atomic E-state index is 0.170. The summed E-state index contributed by atoms with van der Waals surface area (Å²) in [6.07, 6.45) is 9.49. The summed E-state index contributed by atoms with van der Waals surface area (Å²) in [7, 11) is 0. The van der Waals surface area contributed by atoms with E-state index in [-0.39, 0.29) is 11.5 Å². The number of benzene rings is 1. The molecule has 1 spiro atoms. The van der Waals surface area contributed by atoms with E-state index in [1.165, 1.54) is 54.1 Å². The molecule has 3 aromatic rings. The first-order chi connectivity index (χ1) is 14.6. The van der Waals surface area contributed by atoms with Gasteiger partial charge in [-0.1, -0.05) is 65.3 Å². The van der Waals surface area contributed by atoms with Crippen LogP contribution in [0.5, 0.6) is 0 Å². The van der Waals surface area contributed by atoms with Crippen molar-refractivity contribution in [2.45, 2.75) is 54.0 Å². The van der Waals surface area contributed by atoms with Crippen LogP contribution in [0.15, 0.2) is 64.8 Å².